The van der Waals surface area contributed by atoms with Crippen LogP contribution in [0.4, 0.5) is 18.0 Å². The normalized spacial score (nSPS) is 25.8. The minimum Gasteiger partial charge on any atom is -0.387 e. The number of hydrogen-bond donors (Lipinski definition) is 2. The minimum absolute atomic E-state index is 0.0992. The summed E-state index contributed by atoms with van der Waals surface area (Å²) in [5, 5.41) is 12.8. The molecule has 1 aromatic carbocycles. The van der Waals surface area contributed by atoms with Crippen LogP contribution in [0.2, 0.25) is 0 Å². The van der Waals surface area contributed by atoms with Crippen molar-refractivity contribution in [2.75, 3.05) is 6.54 Å². The van der Waals surface area contributed by atoms with Crippen molar-refractivity contribution in [2.45, 2.75) is 37.6 Å². The highest BCUT2D eigenvalue weighted by Crippen LogP contribution is 2.42. The fourth-order valence-electron chi connectivity index (χ4n) is 2.99. The highest BCUT2D eigenvalue weighted by molar-refractivity contribution is 6.07. The van der Waals surface area contributed by atoms with E-state index >= 15 is 0 Å². The summed E-state index contributed by atoms with van der Waals surface area (Å²) in [4.78, 5) is 25.4. The van der Waals surface area contributed by atoms with Crippen LogP contribution in [0.1, 0.15) is 37.0 Å². The molecule has 2 fully saturated rings. The molecule has 1 aliphatic carbocycles. The van der Waals surface area contributed by atoms with Crippen LogP contribution in [-0.2, 0) is 11.0 Å². The molecule has 2 atom stereocenters. The first kappa shape index (κ1) is 16.8. The minimum atomic E-state index is -4.46. The number of carbonyl (C=O) groups is 2. The van der Waals surface area contributed by atoms with Crippen LogP contribution in [0, 0.1) is 5.92 Å². The summed E-state index contributed by atoms with van der Waals surface area (Å²) in [6, 6.07) is 3.43. The number of carbonyl (C=O) groups excluding carboxylic acids is 2. The third-order valence-corrected chi connectivity index (χ3v) is 4.67. The van der Waals surface area contributed by atoms with Gasteiger partial charge in [-0.1, -0.05) is 12.1 Å². The number of aliphatic hydroxyl groups excluding tert-OH is 1. The Morgan fingerprint density at radius 1 is 1.29 bits per heavy atom. The highest BCUT2D eigenvalue weighted by atomic mass is 19.4. The summed E-state index contributed by atoms with van der Waals surface area (Å²) >= 11 is 0. The molecule has 3 rings (SSSR count). The van der Waals surface area contributed by atoms with E-state index in [1.807, 2.05) is 0 Å². The van der Waals surface area contributed by atoms with E-state index < -0.39 is 35.3 Å². The Bertz CT molecular complexity index is 670. The van der Waals surface area contributed by atoms with E-state index in [-0.39, 0.29) is 18.0 Å². The molecular formula is C16H17F3N2O3. The Morgan fingerprint density at radius 3 is 2.38 bits per heavy atom. The Balaban J connectivity index is 1.71. The average molecular weight is 342 g/mol. The quantitative estimate of drug-likeness (QED) is 0.826. The van der Waals surface area contributed by atoms with Crippen molar-refractivity contribution in [2.24, 2.45) is 5.92 Å². The monoisotopic (exact) mass is 342 g/mol. The van der Waals surface area contributed by atoms with Gasteiger partial charge in [0.2, 0.25) is 0 Å². The van der Waals surface area contributed by atoms with E-state index in [9.17, 15) is 27.9 Å². The summed E-state index contributed by atoms with van der Waals surface area (Å²) in [5.74, 6) is -0.303. The van der Waals surface area contributed by atoms with Gasteiger partial charge in [0.05, 0.1) is 18.2 Å². The second-order valence-corrected chi connectivity index (χ2v) is 6.46. The summed E-state index contributed by atoms with van der Waals surface area (Å²) in [5.41, 5.74) is -1.56. The molecule has 5 nitrogen and oxygen atoms in total. The largest absolute Gasteiger partial charge is 0.416 e. The van der Waals surface area contributed by atoms with Gasteiger partial charge in [0.15, 0.2) is 0 Å². The van der Waals surface area contributed by atoms with Crippen LogP contribution in [0.15, 0.2) is 24.3 Å². The summed E-state index contributed by atoms with van der Waals surface area (Å²) in [6.07, 6.45) is -3.99. The van der Waals surface area contributed by atoms with Gasteiger partial charge < -0.3 is 10.4 Å². The lowest BCUT2D eigenvalue weighted by Gasteiger charge is -2.22. The molecule has 0 spiro atoms. The molecule has 0 aromatic heterocycles. The van der Waals surface area contributed by atoms with Crippen LogP contribution >= 0.6 is 0 Å². The lowest BCUT2D eigenvalue weighted by atomic mass is 9.96. The lowest BCUT2D eigenvalue weighted by Crippen LogP contribution is -2.46. The Labute approximate surface area is 136 Å². The number of imide groups is 1. The number of hydrogen-bond acceptors (Lipinski definition) is 3. The van der Waals surface area contributed by atoms with Gasteiger partial charge in [0.1, 0.15) is 5.54 Å². The van der Waals surface area contributed by atoms with Gasteiger partial charge in [0, 0.05) is 0 Å². The van der Waals surface area contributed by atoms with Gasteiger partial charge in [-0.25, -0.2) is 4.79 Å². The number of nitrogens with one attached hydrogen (secondary N) is 1. The average Bonchev–Trinajstić information content (AvgIpc) is 3.33. The predicted molar refractivity (Wildman–Crippen MR) is 77.8 cm³/mol. The number of amides is 3. The molecule has 0 unspecified atom stereocenters. The number of rotatable bonds is 4. The first-order valence-corrected chi connectivity index (χ1v) is 7.62. The first-order chi connectivity index (χ1) is 11.1. The van der Waals surface area contributed by atoms with Crippen LogP contribution in [-0.4, -0.2) is 34.0 Å². The van der Waals surface area contributed by atoms with Gasteiger partial charge in [-0.15, -0.1) is 0 Å². The number of alkyl halides is 3. The molecule has 2 aliphatic rings. The maximum Gasteiger partial charge on any atom is 0.416 e. The van der Waals surface area contributed by atoms with E-state index in [1.54, 1.807) is 6.92 Å². The Hall–Kier alpha value is -2.09. The topological polar surface area (TPSA) is 69.6 Å². The number of aliphatic hydroxyl groups is 1. The summed E-state index contributed by atoms with van der Waals surface area (Å²) < 4.78 is 37.6. The molecule has 24 heavy (non-hydrogen) atoms. The van der Waals surface area contributed by atoms with Crippen molar-refractivity contribution in [3.63, 3.8) is 0 Å². The first-order valence-electron chi connectivity index (χ1n) is 7.62. The fourth-order valence-corrected chi connectivity index (χ4v) is 2.99. The second-order valence-electron chi connectivity index (χ2n) is 6.46. The predicted octanol–water partition coefficient (Wildman–Crippen LogP) is 2.46. The number of benzene rings is 1. The van der Waals surface area contributed by atoms with Gasteiger partial charge in [-0.3, -0.25) is 9.69 Å². The molecule has 3 amide bonds. The molecule has 1 heterocycles. The van der Waals surface area contributed by atoms with E-state index in [4.69, 9.17) is 0 Å². The van der Waals surface area contributed by atoms with E-state index in [2.05, 4.69) is 5.32 Å². The van der Waals surface area contributed by atoms with Crippen molar-refractivity contribution in [1.82, 2.24) is 10.2 Å². The van der Waals surface area contributed by atoms with E-state index in [0.717, 1.165) is 42.0 Å². The van der Waals surface area contributed by atoms with Crippen LogP contribution in [0.5, 0.6) is 0 Å². The molecule has 1 aromatic rings. The third-order valence-electron chi connectivity index (χ3n) is 4.67. The Morgan fingerprint density at radius 2 is 1.88 bits per heavy atom. The molecule has 1 saturated heterocycles. The van der Waals surface area contributed by atoms with Crippen molar-refractivity contribution in [3.8, 4) is 0 Å². The standard InChI is InChI=1S/C16H17F3N2O3/c1-15(10-6-7-10)13(23)21(14(24)20-15)8-12(22)9-2-4-11(5-3-9)16(17,18)19/h2-5,10,12,22H,6-8H2,1H3,(H,20,24)/t12-,15+/m0/s1. The SMILES string of the molecule is C[C@]1(C2CC2)NC(=O)N(C[C@H](O)c2ccc(C(F)(F)F)cc2)C1=O. The number of urea groups is 1. The number of halogens is 3. The van der Waals surface area contributed by atoms with Crippen molar-refractivity contribution >= 4 is 11.9 Å². The molecule has 8 heteroatoms. The van der Waals surface area contributed by atoms with Gasteiger partial charge in [0.25, 0.3) is 5.91 Å². The molecule has 130 valence electrons. The van der Waals surface area contributed by atoms with Crippen LogP contribution in [0.3, 0.4) is 0 Å². The molecule has 0 bridgehead atoms. The van der Waals surface area contributed by atoms with Gasteiger partial charge >= 0.3 is 12.2 Å². The van der Waals surface area contributed by atoms with Crippen LogP contribution in [0.25, 0.3) is 0 Å². The molecule has 2 N–H and O–H groups in total. The zero-order valence-corrected chi connectivity index (χ0v) is 12.9. The zero-order chi connectivity index (χ0) is 17.7. The van der Waals surface area contributed by atoms with Crippen molar-refractivity contribution in [1.29, 1.82) is 0 Å². The van der Waals surface area contributed by atoms with Crippen LogP contribution < -0.4 is 5.32 Å². The van der Waals surface area contributed by atoms with Crippen molar-refractivity contribution < 1.29 is 27.9 Å². The number of β-amino-alcohol motifs (C(OH)–C–C–N with tert-alkyl or cyclic N) is 1. The zero-order valence-electron chi connectivity index (χ0n) is 12.9. The lowest BCUT2D eigenvalue weighted by molar-refractivity contribution is -0.137. The van der Waals surface area contributed by atoms with E-state index in [1.165, 1.54) is 0 Å². The smallest absolute Gasteiger partial charge is 0.387 e. The molecule has 1 saturated carbocycles. The maximum atomic E-state index is 12.5. The summed E-state index contributed by atoms with van der Waals surface area (Å²) in [7, 11) is 0. The van der Waals surface area contributed by atoms with Crippen molar-refractivity contribution in [3.05, 3.63) is 35.4 Å². The highest BCUT2D eigenvalue weighted by Gasteiger charge is 2.56. The van der Waals surface area contributed by atoms with Gasteiger partial charge in [-0.05, 0) is 43.4 Å². The maximum absolute atomic E-state index is 12.5. The molecular weight excluding hydrogens is 325 g/mol. The third kappa shape index (κ3) is 2.86. The summed E-state index contributed by atoms with van der Waals surface area (Å²) in [6.45, 7) is 1.37. The van der Waals surface area contributed by atoms with Gasteiger partial charge in [-0.2, -0.15) is 13.2 Å². The molecule has 0 radical (unpaired) electrons. The molecule has 1 aliphatic heterocycles. The Kier molecular flexibility index (Phi) is 3.82. The van der Waals surface area contributed by atoms with E-state index in [0.29, 0.717) is 0 Å². The number of nitrogens with zero attached hydrogens (tertiary/aromatic N) is 1. The fraction of sp³-hybridized carbons (Fsp3) is 0.500. The second kappa shape index (κ2) is 5.47.